The zero-order valence-corrected chi connectivity index (χ0v) is 19.9. The Bertz CT molecular complexity index is 1280. The van der Waals surface area contributed by atoms with Gasteiger partial charge in [-0.25, -0.2) is 4.79 Å². The smallest absolute Gasteiger partial charge is 0.332 e. The summed E-state index contributed by atoms with van der Waals surface area (Å²) in [5.74, 6) is -0.0918. The summed E-state index contributed by atoms with van der Waals surface area (Å²) in [5, 5.41) is 9.67. The number of anilines is 1. The van der Waals surface area contributed by atoms with Crippen LogP contribution in [0.4, 0.5) is 5.82 Å². The predicted octanol–water partition coefficient (Wildman–Crippen LogP) is 1.50. The molecule has 32 heavy (non-hydrogen) atoms. The molecular weight excluding hydrogens is 454 g/mol. The van der Waals surface area contributed by atoms with Gasteiger partial charge in [-0.3, -0.25) is 28.2 Å². The van der Waals surface area contributed by atoms with Gasteiger partial charge in [0.05, 0.1) is 11.8 Å². The normalized spacial score (nSPS) is 12.3. The average molecular weight is 478 g/mol. The van der Waals surface area contributed by atoms with Crippen molar-refractivity contribution in [3.63, 3.8) is 0 Å². The molecule has 0 aliphatic rings. The fourth-order valence-electron chi connectivity index (χ4n) is 3.03. The molecule has 0 amide bonds. The number of nitrogens with zero attached hydrogens (tertiary/aromatic N) is 6. The van der Waals surface area contributed by atoms with Crippen LogP contribution in [0.2, 0.25) is 5.02 Å². The summed E-state index contributed by atoms with van der Waals surface area (Å²) in [6.07, 6.45) is 0. The molecule has 3 rings (SSSR count). The number of nitrogens with two attached hydrogens (primary N) is 1. The minimum Gasteiger partial charge on any atom is -0.384 e. The minimum atomic E-state index is -0.725. The van der Waals surface area contributed by atoms with E-state index in [0.717, 1.165) is 26.6 Å². The number of Topliss-reactive ketones (excluding diaryl/α,β-unsaturated/α-hetero) is 1. The van der Waals surface area contributed by atoms with E-state index in [4.69, 9.17) is 17.3 Å². The molecule has 2 N–H and O–H groups in total. The first kappa shape index (κ1) is 23.8. The van der Waals surface area contributed by atoms with Crippen LogP contribution in [0.5, 0.6) is 0 Å². The Morgan fingerprint density at radius 1 is 1.16 bits per heavy atom. The van der Waals surface area contributed by atoms with Gasteiger partial charge in [-0.2, -0.15) is 0 Å². The van der Waals surface area contributed by atoms with Crippen molar-refractivity contribution in [2.24, 2.45) is 14.1 Å². The molecule has 0 saturated heterocycles. The maximum atomic E-state index is 12.9. The highest BCUT2D eigenvalue weighted by Crippen LogP contribution is 2.28. The van der Waals surface area contributed by atoms with Crippen molar-refractivity contribution < 1.29 is 4.79 Å². The van der Waals surface area contributed by atoms with Gasteiger partial charge in [-0.15, -0.1) is 10.2 Å². The molecule has 0 fully saturated rings. The number of rotatable bonds is 7. The molecule has 170 valence electrons. The van der Waals surface area contributed by atoms with E-state index in [1.54, 1.807) is 12.1 Å². The Balaban J connectivity index is 1.99. The monoisotopic (exact) mass is 477 g/mol. The standard InChI is InChI=1S/C20H24ClN7O3S/c1-11(25(2)3)17-23-24-19(28(17)13-8-6-12(21)7-9-13)32-10-14(29)15-16(22)26(4)20(31)27(5)18(15)30/h6-9,11H,10,22H2,1-5H3/t11-/m0/s1. The lowest BCUT2D eigenvalue weighted by atomic mass is 10.2. The van der Waals surface area contributed by atoms with Gasteiger partial charge in [0.25, 0.3) is 5.56 Å². The Hall–Kier alpha value is -2.89. The Morgan fingerprint density at radius 3 is 2.38 bits per heavy atom. The first-order chi connectivity index (χ1) is 15.0. The second-order valence-corrected chi connectivity index (χ2v) is 8.85. The summed E-state index contributed by atoms with van der Waals surface area (Å²) in [6.45, 7) is 1.99. The van der Waals surface area contributed by atoms with E-state index in [1.807, 2.05) is 42.6 Å². The van der Waals surface area contributed by atoms with Gasteiger partial charge in [0.1, 0.15) is 11.4 Å². The zero-order chi connectivity index (χ0) is 23.7. The minimum absolute atomic E-state index is 0.0604. The molecular formula is C20H24ClN7O3S. The number of aromatic nitrogens is 5. The molecule has 1 aromatic carbocycles. The summed E-state index contributed by atoms with van der Waals surface area (Å²) in [6, 6.07) is 7.13. The number of hydrogen-bond acceptors (Lipinski definition) is 8. The van der Waals surface area contributed by atoms with E-state index in [-0.39, 0.29) is 23.2 Å². The van der Waals surface area contributed by atoms with Gasteiger partial charge in [0.2, 0.25) is 0 Å². The number of carbonyl (C=O) groups excluding carboxylic acids is 1. The van der Waals surface area contributed by atoms with E-state index >= 15 is 0 Å². The summed E-state index contributed by atoms with van der Waals surface area (Å²) in [5.41, 5.74) is 5.15. The van der Waals surface area contributed by atoms with E-state index in [2.05, 4.69) is 10.2 Å². The lowest BCUT2D eigenvalue weighted by Crippen LogP contribution is -2.41. The maximum Gasteiger partial charge on any atom is 0.332 e. The fourth-order valence-corrected chi connectivity index (χ4v) is 3.99. The maximum absolute atomic E-state index is 12.9. The third kappa shape index (κ3) is 4.36. The molecule has 2 aromatic heterocycles. The Kier molecular flexibility index (Phi) is 6.91. The van der Waals surface area contributed by atoms with Gasteiger partial charge in [-0.05, 0) is 45.3 Å². The molecule has 0 aliphatic carbocycles. The van der Waals surface area contributed by atoms with Gasteiger partial charge in [-0.1, -0.05) is 23.4 Å². The summed E-state index contributed by atoms with van der Waals surface area (Å²) in [4.78, 5) is 39.4. The van der Waals surface area contributed by atoms with E-state index in [9.17, 15) is 14.4 Å². The second-order valence-electron chi connectivity index (χ2n) is 7.47. The fraction of sp³-hybridized carbons (Fsp3) is 0.350. The van der Waals surface area contributed by atoms with Crippen LogP contribution in [0, 0.1) is 0 Å². The largest absolute Gasteiger partial charge is 0.384 e. The Labute approximate surface area is 193 Å². The molecule has 0 bridgehead atoms. The lowest BCUT2D eigenvalue weighted by molar-refractivity contribution is 0.102. The third-order valence-electron chi connectivity index (χ3n) is 5.21. The van der Waals surface area contributed by atoms with Crippen LogP contribution < -0.4 is 17.0 Å². The number of hydrogen-bond donors (Lipinski definition) is 1. The highest BCUT2D eigenvalue weighted by atomic mass is 35.5. The number of carbonyl (C=O) groups is 1. The van der Waals surface area contributed by atoms with Crippen molar-refractivity contribution in [3.8, 4) is 5.69 Å². The number of benzene rings is 1. The predicted molar refractivity (Wildman–Crippen MR) is 125 cm³/mol. The molecule has 3 aromatic rings. The summed E-state index contributed by atoms with van der Waals surface area (Å²) < 4.78 is 3.79. The van der Waals surface area contributed by atoms with Crippen molar-refractivity contribution in [2.75, 3.05) is 25.6 Å². The van der Waals surface area contributed by atoms with Crippen LogP contribution >= 0.6 is 23.4 Å². The number of thioether (sulfide) groups is 1. The van der Waals surface area contributed by atoms with Gasteiger partial charge in [0.15, 0.2) is 16.8 Å². The molecule has 0 aliphatic heterocycles. The van der Waals surface area contributed by atoms with Crippen molar-refractivity contribution in [1.29, 1.82) is 0 Å². The van der Waals surface area contributed by atoms with Gasteiger partial charge < -0.3 is 5.73 Å². The number of nitrogen functional groups attached to an aromatic ring is 1. The van der Waals surface area contributed by atoms with E-state index in [0.29, 0.717) is 16.0 Å². The first-order valence-electron chi connectivity index (χ1n) is 9.63. The topological polar surface area (TPSA) is 121 Å². The van der Waals surface area contributed by atoms with Gasteiger partial charge in [0, 0.05) is 24.8 Å². The molecule has 2 heterocycles. The summed E-state index contributed by atoms with van der Waals surface area (Å²) in [7, 11) is 6.58. The van der Waals surface area contributed by atoms with Crippen molar-refractivity contribution in [2.45, 2.75) is 18.1 Å². The van der Waals surface area contributed by atoms with Crippen LogP contribution in [0.1, 0.15) is 29.1 Å². The van der Waals surface area contributed by atoms with Crippen LogP contribution in [0.25, 0.3) is 5.69 Å². The molecule has 0 unspecified atom stereocenters. The number of halogens is 1. The highest BCUT2D eigenvalue weighted by molar-refractivity contribution is 7.99. The van der Waals surface area contributed by atoms with E-state index in [1.165, 1.54) is 14.1 Å². The first-order valence-corrected chi connectivity index (χ1v) is 11.0. The second kappa shape index (κ2) is 9.31. The molecule has 10 nitrogen and oxygen atoms in total. The van der Waals surface area contributed by atoms with Crippen LogP contribution in [-0.2, 0) is 14.1 Å². The molecule has 1 atom stereocenters. The van der Waals surface area contributed by atoms with Gasteiger partial charge >= 0.3 is 5.69 Å². The van der Waals surface area contributed by atoms with Crippen LogP contribution in [0.3, 0.4) is 0 Å². The quantitative estimate of drug-likeness (QED) is 0.401. The highest BCUT2D eigenvalue weighted by Gasteiger charge is 2.24. The third-order valence-corrected chi connectivity index (χ3v) is 6.39. The summed E-state index contributed by atoms with van der Waals surface area (Å²) >= 11 is 7.17. The average Bonchev–Trinajstić information content (AvgIpc) is 3.18. The molecule has 0 saturated carbocycles. The van der Waals surface area contributed by atoms with Crippen molar-refractivity contribution in [3.05, 3.63) is 61.5 Å². The Morgan fingerprint density at radius 2 is 1.78 bits per heavy atom. The van der Waals surface area contributed by atoms with Crippen LogP contribution in [-0.4, -0.2) is 54.4 Å². The lowest BCUT2D eigenvalue weighted by Gasteiger charge is -2.20. The van der Waals surface area contributed by atoms with Crippen molar-refractivity contribution >= 4 is 35.0 Å². The zero-order valence-electron chi connectivity index (χ0n) is 18.4. The van der Waals surface area contributed by atoms with E-state index < -0.39 is 17.0 Å². The molecule has 0 radical (unpaired) electrons. The molecule has 0 spiro atoms. The van der Waals surface area contributed by atoms with Crippen LogP contribution in [0.15, 0.2) is 39.0 Å². The van der Waals surface area contributed by atoms with Crippen molar-refractivity contribution in [1.82, 2.24) is 28.8 Å². The molecule has 12 heteroatoms. The SMILES string of the molecule is C[C@@H](c1nnc(SCC(=O)c2c(N)n(C)c(=O)n(C)c2=O)n1-c1ccc(Cl)cc1)N(C)C. The number of ketones is 1.